The number of allylic oxidation sites excluding steroid dienone is 1. The lowest BCUT2D eigenvalue weighted by molar-refractivity contribution is -0.114. The van der Waals surface area contributed by atoms with Crippen molar-refractivity contribution in [3.05, 3.63) is 11.6 Å². The molecule has 60 valence electrons. The summed E-state index contributed by atoms with van der Waals surface area (Å²) in [6.45, 7) is 5.69. The molecule has 0 aliphatic carbocycles. The summed E-state index contributed by atoms with van der Waals surface area (Å²) in [6, 6.07) is 1.74. The first-order valence-electron chi connectivity index (χ1n) is 3.29. The van der Waals surface area contributed by atoms with Gasteiger partial charge in [-0.1, -0.05) is 26.8 Å². The van der Waals surface area contributed by atoms with E-state index in [1.807, 2.05) is 20.8 Å². The van der Waals surface area contributed by atoms with Gasteiger partial charge in [0, 0.05) is 0 Å². The molecule has 0 saturated heterocycles. The van der Waals surface area contributed by atoms with E-state index in [2.05, 4.69) is 0 Å². The Kier molecular flexibility index (Phi) is 2.82. The van der Waals surface area contributed by atoms with Crippen LogP contribution in [0.1, 0.15) is 20.8 Å². The fraction of sp³-hybridized carbons (Fsp3) is 0.500. The van der Waals surface area contributed by atoms with Crippen molar-refractivity contribution in [1.29, 1.82) is 5.26 Å². The van der Waals surface area contributed by atoms with Crippen LogP contribution in [0.25, 0.3) is 0 Å². The van der Waals surface area contributed by atoms with Crippen LogP contribution < -0.4 is 5.73 Å². The Labute approximate surface area is 66.5 Å². The van der Waals surface area contributed by atoms with Crippen LogP contribution in [0.3, 0.4) is 0 Å². The molecule has 0 bridgehead atoms. The molecular weight excluding hydrogens is 140 g/mol. The third-order valence-electron chi connectivity index (χ3n) is 0.963. The highest BCUT2D eigenvalue weighted by Gasteiger charge is 2.11. The predicted molar refractivity (Wildman–Crippen MR) is 42.3 cm³/mol. The first-order valence-corrected chi connectivity index (χ1v) is 3.29. The zero-order valence-electron chi connectivity index (χ0n) is 7.01. The number of nitrogens with zero attached hydrogens (tertiary/aromatic N) is 1. The largest absolute Gasteiger partial charge is 0.365 e. The molecule has 0 fully saturated rings. The zero-order chi connectivity index (χ0) is 9.07. The lowest BCUT2D eigenvalue weighted by atomic mass is 9.94. The van der Waals surface area contributed by atoms with Crippen LogP contribution in [0.4, 0.5) is 0 Å². The van der Waals surface area contributed by atoms with E-state index in [1.165, 1.54) is 0 Å². The highest BCUT2D eigenvalue weighted by molar-refractivity contribution is 5.95. The first kappa shape index (κ1) is 9.70. The van der Waals surface area contributed by atoms with Gasteiger partial charge in [0.2, 0.25) is 0 Å². The second-order valence-corrected chi connectivity index (χ2v) is 3.40. The third-order valence-corrected chi connectivity index (χ3v) is 0.963. The fourth-order valence-electron chi connectivity index (χ4n) is 0.592. The van der Waals surface area contributed by atoms with Crippen molar-refractivity contribution < 1.29 is 4.79 Å². The second kappa shape index (κ2) is 3.20. The van der Waals surface area contributed by atoms with E-state index in [-0.39, 0.29) is 11.0 Å². The number of carbonyl (C=O) groups is 1. The molecule has 0 aromatic heterocycles. The Hall–Kier alpha value is -1.30. The maximum Gasteiger partial charge on any atom is 0.259 e. The topological polar surface area (TPSA) is 66.9 Å². The van der Waals surface area contributed by atoms with Gasteiger partial charge in [-0.2, -0.15) is 5.26 Å². The van der Waals surface area contributed by atoms with E-state index < -0.39 is 5.91 Å². The summed E-state index contributed by atoms with van der Waals surface area (Å²) < 4.78 is 0. The molecular formula is C8H12N2O. The summed E-state index contributed by atoms with van der Waals surface area (Å²) in [5.74, 6) is -0.664. The average Bonchev–Trinajstić information content (AvgIpc) is 1.80. The Morgan fingerprint density at radius 1 is 1.55 bits per heavy atom. The third kappa shape index (κ3) is 4.15. The van der Waals surface area contributed by atoms with Crippen LogP contribution in [0.5, 0.6) is 0 Å². The zero-order valence-corrected chi connectivity index (χ0v) is 7.01. The molecule has 0 aromatic rings. The highest BCUT2D eigenvalue weighted by Crippen LogP contribution is 2.16. The minimum absolute atomic E-state index is 0.0255. The number of nitrogens with two attached hydrogens (primary N) is 1. The molecule has 11 heavy (non-hydrogen) atoms. The summed E-state index contributed by atoms with van der Waals surface area (Å²) >= 11 is 0. The van der Waals surface area contributed by atoms with Gasteiger partial charge in [-0.05, 0) is 5.41 Å². The molecule has 0 spiro atoms. The summed E-state index contributed by atoms with van der Waals surface area (Å²) in [7, 11) is 0. The summed E-state index contributed by atoms with van der Waals surface area (Å²) in [5, 5.41) is 8.44. The molecule has 0 atom stereocenters. The molecule has 0 aromatic carbocycles. The maximum atomic E-state index is 10.5. The van der Waals surface area contributed by atoms with Crippen LogP contribution >= 0.6 is 0 Å². The number of amides is 1. The molecule has 0 radical (unpaired) electrons. The standard InChI is InChI=1S/C8H12N2O/c1-8(2,3)4-6(5-9)7(10)11/h4H,1-3H3,(H2,10,11). The van der Waals surface area contributed by atoms with Crippen molar-refractivity contribution in [2.45, 2.75) is 20.8 Å². The molecule has 0 aliphatic heterocycles. The van der Waals surface area contributed by atoms with Crippen LogP contribution in [0.2, 0.25) is 0 Å². The SMILES string of the molecule is CC(C)(C)C=C(C#N)C(N)=O. The Morgan fingerprint density at radius 2 is 2.00 bits per heavy atom. The molecule has 2 N–H and O–H groups in total. The number of rotatable bonds is 1. The molecule has 3 nitrogen and oxygen atoms in total. The number of primary amides is 1. The smallest absolute Gasteiger partial charge is 0.259 e. The van der Waals surface area contributed by atoms with Crippen LogP contribution in [0, 0.1) is 16.7 Å². The van der Waals surface area contributed by atoms with Gasteiger partial charge in [0.05, 0.1) is 0 Å². The number of hydrogen-bond acceptors (Lipinski definition) is 2. The minimum atomic E-state index is -0.664. The molecule has 0 rings (SSSR count). The van der Waals surface area contributed by atoms with E-state index in [1.54, 1.807) is 12.1 Å². The monoisotopic (exact) mass is 152 g/mol. The lowest BCUT2D eigenvalue weighted by Crippen LogP contribution is -2.15. The molecule has 0 unspecified atom stereocenters. The number of nitriles is 1. The van der Waals surface area contributed by atoms with Crippen molar-refractivity contribution in [1.82, 2.24) is 0 Å². The fourth-order valence-corrected chi connectivity index (χ4v) is 0.592. The Morgan fingerprint density at radius 3 is 2.09 bits per heavy atom. The molecule has 1 amide bonds. The number of hydrogen-bond donors (Lipinski definition) is 1. The van der Waals surface area contributed by atoms with Crippen LogP contribution in [0.15, 0.2) is 11.6 Å². The average molecular weight is 152 g/mol. The van der Waals surface area contributed by atoms with Gasteiger partial charge < -0.3 is 5.73 Å². The lowest BCUT2D eigenvalue weighted by Gasteiger charge is -2.11. The van der Waals surface area contributed by atoms with Gasteiger partial charge in [-0.3, -0.25) is 4.79 Å². The van der Waals surface area contributed by atoms with Crippen molar-refractivity contribution in [2.75, 3.05) is 0 Å². The van der Waals surface area contributed by atoms with Crippen molar-refractivity contribution >= 4 is 5.91 Å². The second-order valence-electron chi connectivity index (χ2n) is 3.40. The van der Waals surface area contributed by atoms with Gasteiger partial charge in [0.25, 0.3) is 5.91 Å². The summed E-state index contributed by atoms with van der Waals surface area (Å²) in [4.78, 5) is 10.5. The van der Waals surface area contributed by atoms with Gasteiger partial charge in [0.1, 0.15) is 11.6 Å². The molecule has 0 saturated carbocycles. The predicted octanol–water partition coefficient (Wildman–Crippen LogP) is 0.968. The molecule has 0 heterocycles. The minimum Gasteiger partial charge on any atom is -0.365 e. The van der Waals surface area contributed by atoms with Crippen LogP contribution in [-0.2, 0) is 4.79 Å². The maximum absolute atomic E-state index is 10.5. The highest BCUT2D eigenvalue weighted by atomic mass is 16.1. The van der Waals surface area contributed by atoms with E-state index in [0.717, 1.165) is 0 Å². The first-order chi connectivity index (χ1) is 4.87. The summed E-state index contributed by atoms with van der Waals surface area (Å²) in [5.41, 5.74) is 4.77. The Balaban J connectivity index is 4.68. The van der Waals surface area contributed by atoms with E-state index in [9.17, 15) is 4.79 Å². The van der Waals surface area contributed by atoms with Crippen LogP contribution in [-0.4, -0.2) is 5.91 Å². The molecule has 3 heteroatoms. The normalized spacial score (nSPS) is 12.4. The Bertz CT molecular complexity index is 227. The number of carbonyl (C=O) groups excluding carboxylic acids is 1. The molecule has 0 aliphatic rings. The van der Waals surface area contributed by atoms with Gasteiger partial charge in [-0.25, -0.2) is 0 Å². The van der Waals surface area contributed by atoms with Gasteiger partial charge in [-0.15, -0.1) is 0 Å². The van der Waals surface area contributed by atoms with E-state index in [4.69, 9.17) is 11.0 Å². The summed E-state index contributed by atoms with van der Waals surface area (Å²) in [6.07, 6.45) is 1.56. The van der Waals surface area contributed by atoms with E-state index in [0.29, 0.717) is 0 Å². The van der Waals surface area contributed by atoms with E-state index >= 15 is 0 Å². The van der Waals surface area contributed by atoms with Crippen molar-refractivity contribution in [3.63, 3.8) is 0 Å². The van der Waals surface area contributed by atoms with Crippen molar-refractivity contribution in [2.24, 2.45) is 11.1 Å². The van der Waals surface area contributed by atoms with Gasteiger partial charge in [0.15, 0.2) is 0 Å². The van der Waals surface area contributed by atoms with Crippen molar-refractivity contribution in [3.8, 4) is 6.07 Å². The quantitative estimate of drug-likeness (QED) is 0.449. The van der Waals surface area contributed by atoms with Gasteiger partial charge >= 0.3 is 0 Å².